The first-order chi connectivity index (χ1) is 19.9. The maximum absolute atomic E-state index is 13.1. The Balaban J connectivity index is 1.59. The predicted molar refractivity (Wildman–Crippen MR) is 157 cm³/mol. The Morgan fingerprint density at radius 2 is 1.79 bits per heavy atom. The molecule has 2 N–H and O–H groups in total. The van der Waals surface area contributed by atoms with Crippen molar-refractivity contribution in [1.82, 2.24) is 30.5 Å². The molecule has 4 atom stereocenters. The van der Waals surface area contributed by atoms with E-state index in [1.807, 2.05) is 36.4 Å². The van der Waals surface area contributed by atoms with E-state index in [1.165, 1.54) is 11.9 Å². The monoisotopic (exact) mass is 574 g/mol. The third kappa shape index (κ3) is 7.02. The molecule has 0 bridgehead atoms. The number of aromatic nitrogens is 3. The summed E-state index contributed by atoms with van der Waals surface area (Å²) in [5.41, 5.74) is 1.90. The lowest BCUT2D eigenvalue weighted by molar-refractivity contribution is -0.152. The number of esters is 1. The lowest BCUT2D eigenvalue weighted by Gasteiger charge is -2.32. The minimum Gasteiger partial charge on any atom is -0.454 e. The van der Waals surface area contributed by atoms with Crippen LogP contribution in [0.25, 0.3) is 10.8 Å². The van der Waals surface area contributed by atoms with Gasteiger partial charge in [0, 0.05) is 19.4 Å². The summed E-state index contributed by atoms with van der Waals surface area (Å²) < 4.78 is 7.48. The maximum atomic E-state index is 13.1. The Bertz CT molecular complexity index is 1500. The molecule has 4 rings (SSSR count). The largest absolute Gasteiger partial charge is 0.454 e. The number of rotatable bonds is 4. The van der Waals surface area contributed by atoms with Gasteiger partial charge in [-0.2, -0.15) is 0 Å². The molecule has 1 aliphatic heterocycles. The number of carbonyl (C=O) groups is 4. The van der Waals surface area contributed by atoms with Crippen molar-refractivity contribution < 1.29 is 23.9 Å². The van der Waals surface area contributed by atoms with Crippen molar-refractivity contribution in [2.45, 2.75) is 58.8 Å². The molecule has 0 radical (unpaired) electrons. The molecule has 2 heterocycles. The molecule has 11 nitrogen and oxygen atoms in total. The number of nitrogens with zero attached hydrogens (tertiary/aromatic N) is 4. The van der Waals surface area contributed by atoms with Crippen LogP contribution in [0.5, 0.6) is 0 Å². The molecule has 1 aliphatic rings. The topological polar surface area (TPSA) is 136 Å². The lowest BCUT2D eigenvalue weighted by atomic mass is 9.92. The first-order valence-corrected chi connectivity index (χ1v) is 14.0. The zero-order valence-electron chi connectivity index (χ0n) is 24.7. The highest BCUT2D eigenvalue weighted by atomic mass is 16.5. The Labute approximate surface area is 245 Å². The minimum absolute atomic E-state index is 0.0907. The van der Waals surface area contributed by atoms with Crippen molar-refractivity contribution in [1.29, 1.82) is 0 Å². The second kappa shape index (κ2) is 13.0. The van der Waals surface area contributed by atoms with E-state index in [9.17, 15) is 19.2 Å². The molecule has 42 heavy (non-hydrogen) atoms. The van der Waals surface area contributed by atoms with Crippen molar-refractivity contribution in [2.75, 3.05) is 13.6 Å². The van der Waals surface area contributed by atoms with Crippen molar-refractivity contribution in [3.8, 4) is 0 Å². The van der Waals surface area contributed by atoms with E-state index in [-0.39, 0.29) is 12.3 Å². The molecule has 1 fully saturated rings. The smallest absolute Gasteiger partial charge is 0.326 e. The van der Waals surface area contributed by atoms with Crippen LogP contribution in [0.1, 0.15) is 51.5 Å². The molecule has 0 spiro atoms. The second-order valence-electron chi connectivity index (χ2n) is 11.2. The van der Waals surface area contributed by atoms with Crippen LogP contribution < -0.4 is 10.6 Å². The van der Waals surface area contributed by atoms with Crippen molar-refractivity contribution >= 4 is 34.5 Å². The van der Waals surface area contributed by atoms with E-state index in [1.54, 1.807) is 38.6 Å². The Morgan fingerprint density at radius 3 is 2.50 bits per heavy atom. The van der Waals surface area contributed by atoms with E-state index < -0.39 is 54.3 Å². The number of amides is 3. The van der Waals surface area contributed by atoms with E-state index in [2.05, 4.69) is 33.6 Å². The summed E-state index contributed by atoms with van der Waals surface area (Å²) in [5, 5.41) is 16.1. The normalized spacial score (nSPS) is 23.3. The maximum Gasteiger partial charge on any atom is 0.326 e. The standard InChI is InChI=1S/C31H38N6O5/c1-18(2)28-30(40)32-15-27(39)42-29(20(4)19(3)13-26(38)33-21(5)31(41)36(28)6)25-17-37(35-34-25)16-22-11-12-23-9-7-8-10-24(23)14-22/h7-12,14,17-18,20-21,28-29H,3,13,15-16H2,1-2,4-6H3,(H,32,40)(H,33,38)/t20-,21+,28?,29?/m1/s1. The molecule has 3 aromatic rings. The molecular formula is C31H38N6O5. The molecular weight excluding hydrogens is 536 g/mol. The van der Waals surface area contributed by atoms with Gasteiger partial charge in [-0.3, -0.25) is 19.2 Å². The summed E-state index contributed by atoms with van der Waals surface area (Å²) in [5.74, 6) is -2.80. The Kier molecular flexibility index (Phi) is 9.39. The number of ether oxygens (including phenoxy) is 1. The van der Waals surface area contributed by atoms with Crippen LogP contribution >= 0.6 is 0 Å². The summed E-state index contributed by atoms with van der Waals surface area (Å²) >= 11 is 0. The van der Waals surface area contributed by atoms with Gasteiger partial charge in [0.05, 0.1) is 12.7 Å². The molecule has 1 aromatic heterocycles. The van der Waals surface area contributed by atoms with Gasteiger partial charge in [-0.15, -0.1) is 5.10 Å². The highest BCUT2D eigenvalue weighted by molar-refractivity contribution is 5.93. The van der Waals surface area contributed by atoms with Gasteiger partial charge in [-0.1, -0.05) is 74.5 Å². The van der Waals surface area contributed by atoms with Gasteiger partial charge in [-0.25, -0.2) is 4.68 Å². The van der Waals surface area contributed by atoms with Crippen LogP contribution in [0.2, 0.25) is 0 Å². The van der Waals surface area contributed by atoms with Gasteiger partial charge in [-0.05, 0) is 35.2 Å². The van der Waals surface area contributed by atoms with Crippen molar-refractivity contribution in [3.05, 3.63) is 72.1 Å². The third-order valence-corrected chi connectivity index (χ3v) is 7.57. The first kappa shape index (κ1) is 30.4. The quantitative estimate of drug-likeness (QED) is 0.361. The molecule has 1 saturated heterocycles. The van der Waals surface area contributed by atoms with Crippen LogP contribution in [0.3, 0.4) is 0 Å². The van der Waals surface area contributed by atoms with Gasteiger partial charge in [0.15, 0.2) is 6.10 Å². The molecule has 2 unspecified atom stereocenters. The zero-order chi connectivity index (χ0) is 30.6. The molecule has 0 saturated carbocycles. The van der Waals surface area contributed by atoms with Crippen LogP contribution in [-0.2, 0) is 30.5 Å². The number of likely N-dealkylation sites (N-methyl/N-ethyl adjacent to an activating group) is 1. The van der Waals surface area contributed by atoms with Crippen molar-refractivity contribution in [2.24, 2.45) is 11.8 Å². The average Bonchev–Trinajstić information content (AvgIpc) is 3.41. The fraction of sp³-hybridized carbons (Fsp3) is 0.419. The second-order valence-corrected chi connectivity index (χ2v) is 11.2. The van der Waals surface area contributed by atoms with Crippen LogP contribution in [-0.4, -0.2) is 69.3 Å². The van der Waals surface area contributed by atoms with Crippen LogP contribution in [0.15, 0.2) is 60.8 Å². The fourth-order valence-electron chi connectivity index (χ4n) is 5.21. The van der Waals surface area contributed by atoms with Gasteiger partial charge in [0.25, 0.3) is 0 Å². The van der Waals surface area contributed by atoms with Crippen LogP contribution in [0.4, 0.5) is 0 Å². The summed E-state index contributed by atoms with van der Waals surface area (Å²) in [7, 11) is 1.50. The van der Waals surface area contributed by atoms with Crippen LogP contribution in [0, 0.1) is 11.8 Å². The Morgan fingerprint density at radius 1 is 1.07 bits per heavy atom. The zero-order valence-corrected chi connectivity index (χ0v) is 24.7. The molecule has 222 valence electrons. The number of cyclic esters (lactones) is 1. The van der Waals surface area contributed by atoms with Gasteiger partial charge in [0.2, 0.25) is 17.7 Å². The number of benzene rings is 2. The summed E-state index contributed by atoms with van der Waals surface area (Å²) in [4.78, 5) is 53.2. The summed E-state index contributed by atoms with van der Waals surface area (Å²) in [6.07, 6.45) is 0.702. The highest BCUT2D eigenvalue weighted by Crippen LogP contribution is 2.31. The van der Waals surface area contributed by atoms with Gasteiger partial charge in [0.1, 0.15) is 24.3 Å². The third-order valence-electron chi connectivity index (χ3n) is 7.57. The number of hydrogen-bond donors (Lipinski definition) is 2. The molecule has 0 aliphatic carbocycles. The van der Waals surface area contributed by atoms with E-state index in [0.717, 1.165) is 16.3 Å². The van der Waals surface area contributed by atoms with Gasteiger partial charge >= 0.3 is 5.97 Å². The highest BCUT2D eigenvalue weighted by Gasteiger charge is 2.34. The fourth-order valence-corrected chi connectivity index (χ4v) is 5.21. The van der Waals surface area contributed by atoms with E-state index >= 15 is 0 Å². The Hall–Kier alpha value is -4.54. The SMILES string of the molecule is C=C1CC(=O)N[C@@H](C)C(=O)N(C)C(C(C)C)C(=O)NCC(=O)OC(c2cn(Cc3ccc4ccccc4c3)nn2)[C@@H]1C. The summed E-state index contributed by atoms with van der Waals surface area (Å²) in [6.45, 7) is 11.1. The van der Waals surface area contributed by atoms with E-state index in [0.29, 0.717) is 17.8 Å². The molecule has 3 amide bonds. The molecule has 2 aromatic carbocycles. The number of fused-ring (bicyclic) bond motifs is 1. The average molecular weight is 575 g/mol. The number of nitrogens with one attached hydrogen (secondary N) is 2. The minimum atomic E-state index is -0.909. The van der Waals surface area contributed by atoms with Crippen molar-refractivity contribution in [3.63, 3.8) is 0 Å². The first-order valence-electron chi connectivity index (χ1n) is 14.0. The lowest BCUT2D eigenvalue weighted by Crippen LogP contribution is -2.55. The summed E-state index contributed by atoms with van der Waals surface area (Å²) in [6, 6.07) is 12.5. The molecule has 11 heteroatoms. The predicted octanol–water partition coefficient (Wildman–Crippen LogP) is 2.76. The number of carbonyl (C=O) groups excluding carboxylic acids is 4. The number of hydrogen-bond acceptors (Lipinski definition) is 7. The van der Waals surface area contributed by atoms with Gasteiger partial charge < -0.3 is 20.3 Å². The van der Waals surface area contributed by atoms with E-state index in [4.69, 9.17) is 4.74 Å².